The molecule has 1 aliphatic rings. The molecule has 0 fully saturated rings. The van der Waals surface area contributed by atoms with E-state index < -0.39 is 0 Å². The molecule has 0 N–H and O–H groups in total. The molecule has 3 rings (SSSR count). The van der Waals surface area contributed by atoms with Gasteiger partial charge in [-0.3, -0.25) is 14.8 Å². The summed E-state index contributed by atoms with van der Waals surface area (Å²) in [5.74, 6) is -0.0207. The SMILES string of the molecule is O=C1c2cc(Br)cnc2-c2ncc(Br)cc21. The van der Waals surface area contributed by atoms with Crippen LogP contribution in [0.3, 0.4) is 0 Å². The minimum absolute atomic E-state index is 0.0207. The molecule has 0 amide bonds. The number of rotatable bonds is 0. The van der Waals surface area contributed by atoms with E-state index in [4.69, 9.17) is 0 Å². The van der Waals surface area contributed by atoms with E-state index in [0.29, 0.717) is 22.5 Å². The third-order valence-corrected chi connectivity index (χ3v) is 3.29. The maximum absolute atomic E-state index is 12.1. The second kappa shape index (κ2) is 3.46. The lowest BCUT2D eigenvalue weighted by molar-refractivity contribution is 0.104. The van der Waals surface area contributed by atoms with E-state index in [-0.39, 0.29) is 5.78 Å². The first-order valence-electron chi connectivity index (χ1n) is 4.53. The Balaban J connectivity index is 2.34. The topological polar surface area (TPSA) is 42.9 Å². The van der Waals surface area contributed by atoms with Gasteiger partial charge in [-0.15, -0.1) is 0 Å². The number of carbonyl (C=O) groups is 1. The average Bonchev–Trinajstić information content (AvgIpc) is 2.53. The van der Waals surface area contributed by atoms with Crippen LogP contribution in [0.15, 0.2) is 33.5 Å². The lowest BCUT2D eigenvalue weighted by atomic mass is 10.1. The molecule has 0 unspecified atom stereocenters. The minimum atomic E-state index is -0.0207. The lowest BCUT2D eigenvalue weighted by Crippen LogP contribution is -1.95. The zero-order chi connectivity index (χ0) is 11.3. The molecule has 0 spiro atoms. The van der Waals surface area contributed by atoms with Crippen molar-refractivity contribution in [2.75, 3.05) is 0 Å². The first-order valence-corrected chi connectivity index (χ1v) is 6.11. The fourth-order valence-electron chi connectivity index (χ4n) is 1.75. The van der Waals surface area contributed by atoms with Crippen molar-refractivity contribution in [3.8, 4) is 11.4 Å². The van der Waals surface area contributed by atoms with Crippen molar-refractivity contribution in [3.05, 3.63) is 44.6 Å². The molecule has 0 aliphatic heterocycles. The van der Waals surface area contributed by atoms with Gasteiger partial charge in [-0.25, -0.2) is 0 Å². The zero-order valence-corrected chi connectivity index (χ0v) is 11.0. The highest BCUT2D eigenvalue weighted by molar-refractivity contribution is 9.10. The Morgan fingerprint density at radius 2 is 1.31 bits per heavy atom. The Bertz CT molecular complexity index is 572. The van der Waals surface area contributed by atoms with Crippen LogP contribution in [0.4, 0.5) is 0 Å². The number of pyridine rings is 2. The predicted molar refractivity (Wildman–Crippen MR) is 66.3 cm³/mol. The molecule has 1 aliphatic carbocycles. The van der Waals surface area contributed by atoms with Crippen LogP contribution in [-0.2, 0) is 0 Å². The van der Waals surface area contributed by atoms with Crippen molar-refractivity contribution in [2.45, 2.75) is 0 Å². The first-order chi connectivity index (χ1) is 7.66. The van der Waals surface area contributed by atoms with Crippen molar-refractivity contribution < 1.29 is 4.79 Å². The summed E-state index contributed by atoms with van der Waals surface area (Å²) >= 11 is 6.61. The summed E-state index contributed by atoms with van der Waals surface area (Å²) in [4.78, 5) is 20.5. The number of nitrogens with zero attached hydrogens (tertiary/aromatic N) is 2. The lowest BCUT2D eigenvalue weighted by Gasteiger charge is -1.97. The van der Waals surface area contributed by atoms with Crippen LogP contribution >= 0.6 is 31.9 Å². The monoisotopic (exact) mass is 338 g/mol. The molecule has 78 valence electrons. The molecule has 3 nitrogen and oxygen atoms in total. The van der Waals surface area contributed by atoms with Crippen molar-refractivity contribution >= 4 is 37.6 Å². The van der Waals surface area contributed by atoms with Gasteiger partial charge in [0.25, 0.3) is 0 Å². The second-order valence-corrected chi connectivity index (χ2v) is 5.26. The predicted octanol–water partition coefficient (Wildman–Crippen LogP) is 3.21. The molecular formula is C11H4Br2N2O. The van der Waals surface area contributed by atoms with Crippen LogP contribution in [-0.4, -0.2) is 15.8 Å². The van der Waals surface area contributed by atoms with Crippen molar-refractivity contribution in [1.82, 2.24) is 9.97 Å². The van der Waals surface area contributed by atoms with Crippen molar-refractivity contribution in [1.29, 1.82) is 0 Å². The van der Waals surface area contributed by atoms with Gasteiger partial charge in [0.2, 0.25) is 0 Å². The molecule has 2 aromatic heterocycles. The van der Waals surface area contributed by atoms with Gasteiger partial charge in [-0.1, -0.05) is 0 Å². The summed E-state index contributed by atoms with van der Waals surface area (Å²) in [5, 5.41) is 0. The standard InChI is InChI=1S/C11H4Br2N2O/c12-5-1-7-9(14-3-5)10-8(11(7)16)2-6(13)4-15-10/h1-4H. The third-order valence-electron chi connectivity index (χ3n) is 2.42. The highest BCUT2D eigenvalue weighted by Gasteiger charge is 2.29. The largest absolute Gasteiger partial charge is 0.288 e. The van der Waals surface area contributed by atoms with Crippen LogP contribution in [0.2, 0.25) is 0 Å². The number of hydrogen-bond acceptors (Lipinski definition) is 3. The summed E-state index contributed by atoms with van der Waals surface area (Å²) in [6.45, 7) is 0. The van der Waals surface area contributed by atoms with Gasteiger partial charge >= 0.3 is 0 Å². The fraction of sp³-hybridized carbons (Fsp3) is 0. The maximum atomic E-state index is 12.1. The summed E-state index contributed by atoms with van der Waals surface area (Å²) in [5.41, 5.74) is 2.54. The summed E-state index contributed by atoms with van der Waals surface area (Å²) < 4.78 is 1.60. The molecule has 2 heterocycles. The quantitative estimate of drug-likeness (QED) is 0.631. The van der Waals surface area contributed by atoms with E-state index in [9.17, 15) is 4.79 Å². The van der Waals surface area contributed by atoms with Gasteiger partial charge in [0, 0.05) is 21.3 Å². The normalized spacial score (nSPS) is 12.5. The van der Waals surface area contributed by atoms with Crippen LogP contribution in [0, 0.1) is 0 Å². The Morgan fingerprint density at radius 3 is 1.75 bits per heavy atom. The summed E-state index contributed by atoms with van der Waals surface area (Å²) in [6.07, 6.45) is 3.34. The third kappa shape index (κ3) is 1.35. The van der Waals surface area contributed by atoms with Crippen LogP contribution in [0.5, 0.6) is 0 Å². The van der Waals surface area contributed by atoms with E-state index in [1.807, 2.05) is 0 Å². The average molecular weight is 340 g/mol. The Hall–Kier alpha value is -1.07. The zero-order valence-electron chi connectivity index (χ0n) is 7.87. The number of hydrogen-bond donors (Lipinski definition) is 0. The van der Waals surface area contributed by atoms with Gasteiger partial charge in [-0.2, -0.15) is 0 Å². The first kappa shape index (κ1) is 10.1. The highest BCUT2D eigenvalue weighted by atomic mass is 79.9. The maximum Gasteiger partial charge on any atom is 0.197 e. The van der Waals surface area contributed by atoms with Crippen LogP contribution < -0.4 is 0 Å². The molecule has 0 atom stereocenters. The van der Waals surface area contributed by atoms with E-state index in [0.717, 1.165) is 8.95 Å². The minimum Gasteiger partial charge on any atom is -0.288 e. The van der Waals surface area contributed by atoms with Crippen LogP contribution in [0.1, 0.15) is 15.9 Å². The van der Waals surface area contributed by atoms with Crippen LogP contribution in [0.25, 0.3) is 11.4 Å². The molecule has 16 heavy (non-hydrogen) atoms. The van der Waals surface area contributed by atoms with E-state index >= 15 is 0 Å². The van der Waals surface area contributed by atoms with Crippen molar-refractivity contribution in [2.24, 2.45) is 0 Å². The molecule has 2 aromatic rings. The molecule has 0 bridgehead atoms. The Kier molecular flexibility index (Phi) is 2.19. The molecule has 0 saturated heterocycles. The second-order valence-electron chi connectivity index (χ2n) is 3.43. The van der Waals surface area contributed by atoms with Gasteiger partial charge < -0.3 is 0 Å². The summed E-state index contributed by atoms with van der Waals surface area (Å²) in [6, 6.07) is 3.56. The summed E-state index contributed by atoms with van der Waals surface area (Å²) in [7, 11) is 0. The van der Waals surface area contributed by atoms with E-state index in [1.54, 1.807) is 24.5 Å². The van der Waals surface area contributed by atoms with Crippen molar-refractivity contribution in [3.63, 3.8) is 0 Å². The van der Waals surface area contributed by atoms with E-state index in [2.05, 4.69) is 41.8 Å². The Morgan fingerprint density at radius 1 is 0.875 bits per heavy atom. The number of fused-ring (bicyclic) bond motifs is 3. The van der Waals surface area contributed by atoms with Gasteiger partial charge in [0.05, 0.1) is 11.1 Å². The van der Waals surface area contributed by atoms with Gasteiger partial charge in [-0.05, 0) is 44.0 Å². The van der Waals surface area contributed by atoms with Gasteiger partial charge in [0.15, 0.2) is 5.78 Å². The number of aromatic nitrogens is 2. The fourth-order valence-corrected chi connectivity index (χ4v) is 2.41. The smallest absolute Gasteiger partial charge is 0.197 e. The van der Waals surface area contributed by atoms with Gasteiger partial charge in [0.1, 0.15) is 11.4 Å². The number of halogens is 2. The molecular weight excluding hydrogens is 336 g/mol. The number of carbonyl (C=O) groups excluding carboxylic acids is 1. The molecule has 0 aromatic carbocycles. The Labute approximate surface area is 108 Å². The number of ketones is 1. The molecule has 0 radical (unpaired) electrons. The molecule has 0 saturated carbocycles. The molecule has 5 heteroatoms. The van der Waals surface area contributed by atoms with E-state index in [1.165, 1.54) is 0 Å². The highest BCUT2D eigenvalue weighted by Crippen LogP contribution is 2.35.